The zero-order chi connectivity index (χ0) is 14.7. The monoisotopic (exact) mass is 309 g/mol. The Balaban J connectivity index is 2.30. The average molecular weight is 310 g/mol. The van der Waals surface area contributed by atoms with Crippen molar-refractivity contribution in [2.45, 2.75) is 6.92 Å². The van der Waals surface area contributed by atoms with Gasteiger partial charge in [0.2, 0.25) is 0 Å². The molecule has 0 fully saturated rings. The minimum atomic E-state index is -0.319. The molecule has 0 radical (unpaired) electrons. The summed E-state index contributed by atoms with van der Waals surface area (Å²) in [6.07, 6.45) is 0. The highest BCUT2D eigenvalue weighted by atomic mass is 35.5. The summed E-state index contributed by atoms with van der Waals surface area (Å²) in [4.78, 5) is 12.2. The van der Waals surface area contributed by atoms with Crippen molar-refractivity contribution in [3.05, 3.63) is 57.6 Å². The van der Waals surface area contributed by atoms with Crippen molar-refractivity contribution < 1.29 is 4.79 Å². The maximum atomic E-state index is 12.2. The van der Waals surface area contributed by atoms with Gasteiger partial charge in [-0.3, -0.25) is 10.6 Å². The normalized spacial score (nSPS) is 10.2. The van der Waals surface area contributed by atoms with E-state index in [1.165, 1.54) is 0 Å². The molecule has 4 nitrogen and oxygen atoms in total. The van der Waals surface area contributed by atoms with Gasteiger partial charge < -0.3 is 10.7 Å². The van der Waals surface area contributed by atoms with Crippen LogP contribution in [0.25, 0.3) is 0 Å². The second kappa shape index (κ2) is 6.13. The maximum Gasteiger partial charge on any atom is 0.257 e. The smallest absolute Gasteiger partial charge is 0.257 e. The largest absolute Gasteiger partial charge is 0.323 e. The summed E-state index contributed by atoms with van der Waals surface area (Å²) < 4.78 is 0. The highest BCUT2D eigenvalue weighted by Gasteiger charge is 2.13. The first-order chi connectivity index (χ1) is 9.52. The standard InChI is InChI=1S/C14H13Cl2N3O/c1-8-6-11(16)13(7-10(8)15)18-14(20)9-4-2-3-5-12(9)19-17/h2-7,19H,17H2,1H3,(H,18,20). The Labute approximate surface area is 126 Å². The van der Waals surface area contributed by atoms with Crippen LogP contribution in [0.15, 0.2) is 36.4 Å². The number of hydrogen-bond donors (Lipinski definition) is 3. The van der Waals surface area contributed by atoms with E-state index < -0.39 is 0 Å². The van der Waals surface area contributed by atoms with E-state index in [0.29, 0.717) is 27.0 Å². The number of aryl methyl sites for hydroxylation is 1. The molecule has 2 aromatic carbocycles. The summed E-state index contributed by atoms with van der Waals surface area (Å²) in [5.74, 6) is 5.06. The van der Waals surface area contributed by atoms with Gasteiger partial charge in [0, 0.05) is 5.02 Å². The van der Waals surface area contributed by atoms with Crippen molar-refractivity contribution in [1.82, 2.24) is 0 Å². The third-order valence-electron chi connectivity index (χ3n) is 2.82. The Hall–Kier alpha value is -1.75. The first-order valence-electron chi connectivity index (χ1n) is 5.85. The number of nitrogens with one attached hydrogen (secondary N) is 2. The highest BCUT2D eigenvalue weighted by molar-refractivity contribution is 6.36. The Kier molecular flexibility index (Phi) is 4.49. The Bertz CT molecular complexity index is 659. The van der Waals surface area contributed by atoms with Crippen LogP contribution >= 0.6 is 23.2 Å². The molecule has 0 atom stereocenters. The summed E-state index contributed by atoms with van der Waals surface area (Å²) in [6, 6.07) is 10.2. The average Bonchev–Trinajstić information content (AvgIpc) is 2.44. The van der Waals surface area contributed by atoms with E-state index in [9.17, 15) is 4.79 Å². The fourth-order valence-electron chi connectivity index (χ4n) is 1.74. The summed E-state index contributed by atoms with van der Waals surface area (Å²) >= 11 is 12.1. The van der Waals surface area contributed by atoms with Gasteiger partial charge in [-0.25, -0.2) is 0 Å². The lowest BCUT2D eigenvalue weighted by molar-refractivity contribution is 0.102. The fourth-order valence-corrected chi connectivity index (χ4v) is 2.17. The zero-order valence-corrected chi connectivity index (χ0v) is 12.2. The molecule has 0 saturated carbocycles. The maximum absolute atomic E-state index is 12.2. The number of nitrogen functional groups attached to an aromatic ring is 1. The number of nitrogens with two attached hydrogens (primary N) is 1. The first-order valence-corrected chi connectivity index (χ1v) is 6.61. The molecule has 20 heavy (non-hydrogen) atoms. The number of hydrazine groups is 1. The molecule has 1 amide bonds. The molecule has 2 rings (SSSR count). The number of carbonyl (C=O) groups excluding carboxylic acids is 1. The zero-order valence-electron chi connectivity index (χ0n) is 10.7. The number of amides is 1. The molecule has 0 aliphatic rings. The van der Waals surface area contributed by atoms with Crippen LogP contribution in [0.3, 0.4) is 0 Å². The Morgan fingerprint density at radius 2 is 1.80 bits per heavy atom. The van der Waals surface area contributed by atoms with Gasteiger partial charge in [-0.05, 0) is 36.8 Å². The number of halogens is 2. The molecule has 0 bridgehead atoms. The Morgan fingerprint density at radius 3 is 2.50 bits per heavy atom. The SMILES string of the molecule is Cc1cc(Cl)c(NC(=O)c2ccccc2NN)cc1Cl. The number of anilines is 2. The first kappa shape index (κ1) is 14.7. The van der Waals surface area contributed by atoms with Gasteiger partial charge in [-0.15, -0.1) is 0 Å². The van der Waals surface area contributed by atoms with E-state index in [4.69, 9.17) is 29.0 Å². The van der Waals surface area contributed by atoms with Crippen LogP contribution in [0, 0.1) is 6.92 Å². The topological polar surface area (TPSA) is 67.2 Å². The van der Waals surface area contributed by atoms with Crippen LogP contribution in [0.1, 0.15) is 15.9 Å². The van der Waals surface area contributed by atoms with E-state index in [1.807, 2.05) is 6.92 Å². The molecule has 4 N–H and O–H groups in total. The minimum absolute atomic E-state index is 0.319. The summed E-state index contributed by atoms with van der Waals surface area (Å²) in [5.41, 5.74) is 4.73. The van der Waals surface area contributed by atoms with Crippen molar-refractivity contribution >= 4 is 40.5 Å². The van der Waals surface area contributed by atoms with Crippen LogP contribution in [0.4, 0.5) is 11.4 Å². The van der Waals surface area contributed by atoms with Crippen LogP contribution in [-0.2, 0) is 0 Å². The second-order valence-electron chi connectivity index (χ2n) is 4.23. The molecular weight excluding hydrogens is 297 g/mol. The fraction of sp³-hybridized carbons (Fsp3) is 0.0714. The van der Waals surface area contributed by atoms with Crippen LogP contribution < -0.4 is 16.6 Å². The van der Waals surface area contributed by atoms with Gasteiger partial charge in [0.15, 0.2) is 0 Å². The number of rotatable bonds is 3. The second-order valence-corrected chi connectivity index (χ2v) is 5.04. The molecule has 0 saturated heterocycles. The Morgan fingerprint density at radius 1 is 1.10 bits per heavy atom. The van der Waals surface area contributed by atoms with Crippen LogP contribution in [-0.4, -0.2) is 5.91 Å². The molecule has 0 spiro atoms. The third kappa shape index (κ3) is 3.04. The summed E-state index contributed by atoms with van der Waals surface area (Å²) in [6.45, 7) is 1.84. The van der Waals surface area contributed by atoms with Gasteiger partial charge in [0.25, 0.3) is 5.91 Å². The van der Waals surface area contributed by atoms with Crippen molar-refractivity contribution in [3.8, 4) is 0 Å². The summed E-state index contributed by atoms with van der Waals surface area (Å²) in [5, 5.41) is 3.68. The molecule has 0 aromatic heterocycles. The van der Waals surface area contributed by atoms with E-state index >= 15 is 0 Å². The number of hydrogen-bond acceptors (Lipinski definition) is 3. The molecule has 2 aromatic rings. The molecule has 0 aliphatic heterocycles. The van der Waals surface area contributed by atoms with Gasteiger partial charge in [0.1, 0.15) is 0 Å². The molecule has 0 heterocycles. The predicted octanol–water partition coefficient (Wildman–Crippen LogP) is 3.84. The molecule has 0 aliphatic carbocycles. The van der Waals surface area contributed by atoms with Crippen LogP contribution in [0.2, 0.25) is 10.0 Å². The molecule has 6 heteroatoms. The van der Waals surface area contributed by atoms with Crippen LogP contribution in [0.5, 0.6) is 0 Å². The van der Waals surface area contributed by atoms with Gasteiger partial charge in [0.05, 0.1) is 22.0 Å². The number of para-hydroxylation sites is 1. The van der Waals surface area contributed by atoms with Crippen molar-refractivity contribution in [3.63, 3.8) is 0 Å². The van der Waals surface area contributed by atoms with E-state index in [0.717, 1.165) is 5.56 Å². The number of benzene rings is 2. The quantitative estimate of drug-likeness (QED) is 0.596. The molecule has 104 valence electrons. The van der Waals surface area contributed by atoms with Gasteiger partial charge >= 0.3 is 0 Å². The van der Waals surface area contributed by atoms with Crippen molar-refractivity contribution in [2.24, 2.45) is 5.84 Å². The predicted molar refractivity (Wildman–Crippen MR) is 83.4 cm³/mol. The van der Waals surface area contributed by atoms with E-state index in [2.05, 4.69) is 10.7 Å². The van der Waals surface area contributed by atoms with Gasteiger partial charge in [-0.2, -0.15) is 0 Å². The lowest BCUT2D eigenvalue weighted by Crippen LogP contribution is -2.17. The lowest BCUT2D eigenvalue weighted by atomic mass is 10.1. The number of carbonyl (C=O) groups is 1. The summed E-state index contributed by atoms with van der Waals surface area (Å²) in [7, 11) is 0. The highest BCUT2D eigenvalue weighted by Crippen LogP contribution is 2.29. The van der Waals surface area contributed by atoms with E-state index in [-0.39, 0.29) is 5.91 Å². The lowest BCUT2D eigenvalue weighted by Gasteiger charge is -2.11. The van der Waals surface area contributed by atoms with Gasteiger partial charge in [-0.1, -0.05) is 35.3 Å². The van der Waals surface area contributed by atoms with Crippen molar-refractivity contribution in [1.29, 1.82) is 0 Å². The van der Waals surface area contributed by atoms with Crippen molar-refractivity contribution in [2.75, 3.05) is 10.7 Å². The van der Waals surface area contributed by atoms with E-state index in [1.54, 1.807) is 36.4 Å². The molecule has 0 unspecified atom stereocenters. The third-order valence-corrected chi connectivity index (χ3v) is 3.54. The minimum Gasteiger partial charge on any atom is -0.323 e. The molecular formula is C14H13Cl2N3O.